The summed E-state index contributed by atoms with van der Waals surface area (Å²) >= 11 is 0. The van der Waals surface area contributed by atoms with Gasteiger partial charge in [-0.05, 0) is 24.3 Å². The maximum Gasteiger partial charge on any atom is 0.271 e. The summed E-state index contributed by atoms with van der Waals surface area (Å²) in [6.45, 7) is 0. The van der Waals surface area contributed by atoms with Crippen LogP contribution in [-0.4, -0.2) is 27.2 Å². The maximum absolute atomic E-state index is 11.8. The van der Waals surface area contributed by atoms with Crippen molar-refractivity contribution < 1.29 is 9.90 Å². The molecule has 3 aromatic rings. The van der Waals surface area contributed by atoms with Gasteiger partial charge in [-0.2, -0.15) is 5.10 Å². The standard InChI is InChI=1S/C16H12N4O2/c21-14-3-1-2-11-4-5-13(19-15(11)14)10-18-20-16(22)12-6-8-17-9-7-12/h1-10,21H,(H,20,22)/b18-10-. The summed E-state index contributed by atoms with van der Waals surface area (Å²) in [5, 5.41) is 14.5. The number of pyridine rings is 2. The summed E-state index contributed by atoms with van der Waals surface area (Å²) < 4.78 is 0. The number of benzene rings is 1. The lowest BCUT2D eigenvalue weighted by molar-refractivity contribution is 0.0955. The van der Waals surface area contributed by atoms with Crippen LogP contribution in [0.4, 0.5) is 0 Å². The van der Waals surface area contributed by atoms with E-state index in [0.29, 0.717) is 16.8 Å². The summed E-state index contributed by atoms with van der Waals surface area (Å²) in [5.41, 5.74) is 3.90. The fourth-order valence-electron chi connectivity index (χ4n) is 1.94. The van der Waals surface area contributed by atoms with E-state index in [0.717, 1.165) is 5.39 Å². The zero-order valence-electron chi connectivity index (χ0n) is 11.5. The molecule has 1 aromatic carbocycles. The molecule has 0 aliphatic rings. The summed E-state index contributed by atoms with van der Waals surface area (Å²) in [7, 11) is 0. The van der Waals surface area contributed by atoms with Gasteiger partial charge in [0.15, 0.2) is 0 Å². The molecule has 0 fully saturated rings. The Balaban J connectivity index is 1.76. The normalized spacial score (nSPS) is 10.9. The molecular weight excluding hydrogens is 280 g/mol. The Morgan fingerprint density at radius 3 is 2.77 bits per heavy atom. The van der Waals surface area contributed by atoms with Gasteiger partial charge in [0.2, 0.25) is 0 Å². The van der Waals surface area contributed by atoms with Gasteiger partial charge in [0.1, 0.15) is 11.3 Å². The van der Waals surface area contributed by atoms with Crippen molar-refractivity contribution in [3.8, 4) is 5.75 Å². The number of carbonyl (C=O) groups excluding carboxylic acids is 1. The van der Waals surface area contributed by atoms with E-state index in [9.17, 15) is 9.90 Å². The fraction of sp³-hybridized carbons (Fsp3) is 0. The highest BCUT2D eigenvalue weighted by molar-refractivity contribution is 5.95. The molecule has 22 heavy (non-hydrogen) atoms. The van der Waals surface area contributed by atoms with Crippen molar-refractivity contribution in [3.63, 3.8) is 0 Å². The van der Waals surface area contributed by atoms with Crippen molar-refractivity contribution in [2.24, 2.45) is 5.10 Å². The number of fused-ring (bicyclic) bond motifs is 1. The molecule has 0 bridgehead atoms. The summed E-state index contributed by atoms with van der Waals surface area (Å²) in [6.07, 6.45) is 4.49. The minimum absolute atomic E-state index is 0.105. The molecule has 0 saturated heterocycles. The van der Waals surface area contributed by atoms with Crippen molar-refractivity contribution in [2.45, 2.75) is 0 Å². The second kappa shape index (κ2) is 6.01. The topological polar surface area (TPSA) is 87.5 Å². The van der Waals surface area contributed by atoms with Crippen molar-refractivity contribution >= 4 is 23.0 Å². The third-order valence-corrected chi connectivity index (χ3v) is 3.03. The van der Waals surface area contributed by atoms with Gasteiger partial charge in [-0.25, -0.2) is 10.4 Å². The zero-order chi connectivity index (χ0) is 15.4. The summed E-state index contributed by atoms with van der Waals surface area (Å²) in [4.78, 5) is 19.9. The van der Waals surface area contributed by atoms with Crippen LogP contribution in [0.3, 0.4) is 0 Å². The van der Waals surface area contributed by atoms with E-state index in [-0.39, 0.29) is 11.7 Å². The third kappa shape index (κ3) is 2.90. The van der Waals surface area contributed by atoms with Crippen molar-refractivity contribution in [2.75, 3.05) is 0 Å². The second-order valence-electron chi connectivity index (χ2n) is 4.52. The smallest absolute Gasteiger partial charge is 0.271 e. The number of phenols is 1. The SMILES string of the molecule is O=C(N/N=C\c1ccc2cccc(O)c2n1)c1ccncc1. The second-order valence-corrected chi connectivity index (χ2v) is 4.52. The van der Waals surface area contributed by atoms with Crippen LogP contribution < -0.4 is 5.43 Å². The van der Waals surface area contributed by atoms with Crippen LogP contribution in [0.25, 0.3) is 10.9 Å². The van der Waals surface area contributed by atoms with E-state index in [1.165, 1.54) is 18.6 Å². The number of hydrogen-bond acceptors (Lipinski definition) is 5. The van der Waals surface area contributed by atoms with E-state index >= 15 is 0 Å². The van der Waals surface area contributed by atoms with E-state index in [1.807, 2.05) is 12.1 Å². The molecular formula is C16H12N4O2. The van der Waals surface area contributed by atoms with Crippen LogP contribution in [-0.2, 0) is 0 Å². The van der Waals surface area contributed by atoms with Crippen LogP contribution >= 0.6 is 0 Å². The minimum atomic E-state index is -0.331. The molecule has 0 unspecified atom stereocenters. The van der Waals surface area contributed by atoms with Gasteiger partial charge in [-0.1, -0.05) is 18.2 Å². The average molecular weight is 292 g/mol. The number of carbonyl (C=O) groups is 1. The highest BCUT2D eigenvalue weighted by Crippen LogP contribution is 2.21. The average Bonchev–Trinajstić information content (AvgIpc) is 2.56. The maximum atomic E-state index is 11.8. The van der Waals surface area contributed by atoms with Gasteiger partial charge in [0.05, 0.1) is 11.9 Å². The molecule has 0 spiro atoms. The lowest BCUT2D eigenvalue weighted by Gasteiger charge is -2.01. The molecule has 0 aliphatic carbocycles. The first-order chi connectivity index (χ1) is 10.7. The Morgan fingerprint density at radius 1 is 1.14 bits per heavy atom. The van der Waals surface area contributed by atoms with Gasteiger partial charge in [-0.15, -0.1) is 0 Å². The molecule has 3 rings (SSSR count). The number of hydrogen-bond donors (Lipinski definition) is 2. The number of hydrazone groups is 1. The number of amides is 1. The van der Waals surface area contributed by atoms with Gasteiger partial charge < -0.3 is 5.11 Å². The first-order valence-corrected chi connectivity index (χ1v) is 6.56. The lowest BCUT2D eigenvalue weighted by Crippen LogP contribution is -2.17. The summed E-state index contributed by atoms with van der Waals surface area (Å²) in [6, 6.07) is 11.9. The number of para-hydroxylation sites is 1. The Labute approximate surface area is 126 Å². The van der Waals surface area contributed by atoms with Crippen molar-refractivity contribution in [1.82, 2.24) is 15.4 Å². The molecule has 108 valence electrons. The molecule has 2 N–H and O–H groups in total. The molecule has 0 saturated carbocycles. The van der Waals surface area contributed by atoms with Crippen LogP contribution in [0.2, 0.25) is 0 Å². The number of nitrogens with zero attached hydrogens (tertiary/aromatic N) is 3. The van der Waals surface area contributed by atoms with Crippen molar-refractivity contribution in [3.05, 3.63) is 66.1 Å². The predicted molar refractivity (Wildman–Crippen MR) is 82.7 cm³/mol. The molecule has 0 radical (unpaired) electrons. The third-order valence-electron chi connectivity index (χ3n) is 3.03. The number of rotatable bonds is 3. The Kier molecular flexibility index (Phi) is 3.74. The molecule has 2 aromatic heterocycles. The zero-order valence-corrected chi connectivity index (χ0v) is 11.5. The molecule has 6 nitrogen and oxygen atoms in total. The van der Waals surface area contributed by atoms with Crippen LogP contribution in [0.1, 0.15) is 16.1 Å². The number of nitrogens with one attached hydrogen (secondary N) is 1. The van der Waals surface area contributed by atoms with Gasteiger partial charge in [0.25, 0.3) is 5.91 Å². The van der Waals surface area contributed by atoms with E-state index in [4.69, 9.17) is 0 Å². The molecule has 2 heterocycles. The Bertz CT molecular complexity index is 847. The van der Waals surface area contributed by atoms with Gasteiger partial charge >= 0.3 is 0 Å². The number of aromatic hydroxyl groups is 1. The first-order valence-electron chi connectivity index (χ1n) is 6.56. The van der Waals surface area contributed by atoms with Crippen molar-refractivity contribution in [1.29, 1.82) is 0 Å². The quantitative estimate of drug-likeness (QED) is 0.571. The molecule has 6 heteroatoms. The van der Waals surface area contributed by atoms with E-state index in [2.05, 4.69) is 20.5 Å². The van der Waals surface area contributed by atoms with Crippen LogP contribution in [0, 0.1) is 0 Å². The Hall–Kier alpha value is -3.28. The number of aromatic nitrogens is 2. The monoisotopic (exact) mass is 292 g/mol. The first kappa shape index (κ1) is 13.7. The Morgan fingerprint density at radius 2 is 1.95 bits per heavy atom. The van der Waals surface area contributed by atoms with E-state index in [1.54, 1.807) is 30.3 Å². The van der Waals surface area contributed by atoms with Crippen LogP contribution in [0.5, 0.6) is 5.75 Å². The van der Waals surface area contributed by atoms with E-state index < -0.39 is 0 Å². The minimum Gasteiger partial charge on any atom is -0.506 e. The fourth-order valence-corrected chi connectivity index (χ4v) is 1.94. The molecule has 1 amide bonds. The number of phenolic OH excluding ortho intramolecular Hbond substituents is 1. The highest BCUT2D eigenvalue weighted by Gasteiger charge is 2.03. The largest absolute Gasteiger partial charge is 0.506 e. The lowest BCUT2D eigenvalue weighted by atomic mass is 10.2. The molecule has 0 aliphatic heterocycles. The highest BCUT2D eigenvalue weighted by atomic mass is 16.3. The summed E-state index contributed by atoms with van der Waals surface area (Å²) in [5.74, 6) is -0.226. The predicted octanol–water partition coefficient (Wildman–Crippen LogP) is 2.10. The van der Waals surface area contributed by atoms with Crippen LogP contribution in [0.15, 0.2) is 60.0 Å². The van der Waals surface area contributed by atoms with Gasteiger partial charge in [-0.3, -0.25) is 9.78 Å². The molecule has 0 atom stereocenters. The van der Waals surface area contributed by atoms with Gasteiger partial charge in [0, 0.05) is 23.3 Å².